The highest BCUT2D eigenvalue weighted by molar-refractivity contribution is 7.91. The number of aromatic nitrogens is 2. The third-order valence-electron chi connectivity index (χ3n) is 3.47. The molecule has 1 N–H and O–H groups in total. The van der Waals surface area contributed by atoms with Gasteiger partial charge in [0.25, 0.3) is 5.91 Å². The Labute approximate surface area is 136 Å². The molecule has 0 spiro atoms. The van der Waals surface area contributed by atoms with Gasteiger partial charge in [0.15, 0.2) is 9.84 Å². The van der Waals surface area contributed by atoms with Gasteiger partial charge in [0.2, 0.25) is 0 Å². The van der Waals surface area contributed by atoms with E-state index in [2.05, 4.69) is 14.9 Å². The Morgan fingerprint density at radius 2 is 1.82 bits per heavy atom. The van der Waals surface area contributed by atoms with Gasteiger partial charge in [-0.25, -0.2) is 8.42 Å². The molecule has 1 aromatic rings. The third kappa shape index (κ3) is 6.39. The van der Waals surface area contributed by atoms with Gasteiger partial charge >= 0.3 is 0 Å². The van der Waals surface area contributed by atoms with Crippen LogP contribution in [0.1, 0.15) is 61.3 Å². The second-order valence-electron chi connectivity index (χ2n) is 5.63. The SMILES string of the molecule is Cc1nnsc1C(=O)NCCCCCCCS(=O)(=O)C(C)C. The number of sulfone groups is 1. The zero-order chi connectivity index (χ0) is 16.6. The number of aryl methyl sites for hydroxylation is 1. The zero-order valence-corrected chi connectivity index (χ0v) is 15.1. The summed E-state index contributed by atoms with van der Waals surface area (Å²) in [4.78, 5) is 12.4. The van der Waals surface area contributed by atoms with Crippen molar-refractivity contribution in [2.45, 2.75) is 58.1 Å². The lowest BCUT2D eigenvalue weighted by atomic mass is 10.1. The molecule has 1 rings (SSSR count). The first kappa shape index (κ1) is 19.0. The molecule has 1 aromatic heterocycles. The standard InChI is InChI=1S/C14H25N3O3S2/c1-11(2)22(19,20)10-8-6-4-5-7-9-15-14(18)13-12(3)16-17-21-13/h11H,4-10H2,1-3H3,(H,15,18). The van der Waals surface area contributed by atoms with Crippen molar-refractivity contribution >= 4 is 27.3 Å². The summed E-state index contributed by atoms with van der Waals surface area (Å²) in [5.74, 6) is 0.162. The molecule has 0 aliphatic carbocycles. The van der Waals surface area contributed by atoms with E-state index in [-0.39, 0.29) is 16.9 Å². The van der Waals surface area contributed by atoms with Gasteiger partial charge in [0.1, 0.15) is 4.88 Å². The van der Waals surface area contributed by atoms with E-state index >= 15 is 0 Å². The fourth-order valence-electron chi connectivity index (χ4n) is 1.92. The van der Waals surface area contributed by atoms with Crippen molar-refractivity contribution in [3.63, 3.8) is 0 Å². The van der Waals surface area contributed by atoms with E-state index in [0.717, 1.165) is 43.6 Å². The summed E-state index contributed by atoms with van der Waals surface area (Å²) in [6.07, 6.45) is 4.51. The number of hydrogen-bond acceptors (Lipinski definition) is 6. The van der Waals surface area contributed by atoms with Crippen molar-refractivity contribution in [3.8, 4) is 0 Å². The average Bonchev–Trinajstić information content (AvgIpc) is 2.87. The maximum atomic E-state index is 11.8. The molecule has 1 heterocycles. The molecule has 126 valence electrons. The van der Waals surface area contributed by atoms with Gasteiger partial charge in [-0.15, -0.1) is 5.10 Å². The topological polar surface area (TPSA) is 89.0 Å². The van der Waals surface area contributed by atoms with Gasteiger partial charge in [0.05, 0.1) is 16.7 Å². The van der Waals surface area contributed by atoms with Crippen LogP contribution in [0.2, 0.25) is 0 Å². The van der Waals surface area contributed by atoms with Crippen LogP contribution < -0.4 is 5.32 Å². The van der Waals surface area contributed by atoms with Gasteiger partial charge in [-0.1, -0.05) is 23.8 Å². The second-order valence-corrected chi connectivity index (χ2v) is 9.06. The lowest BCUT2D eigenvalue weighted by molar-refractivity contribution is 0.0956. The minimum Gasteiger partial charge on any atom is -0.351 e. The molecule has 0 atom stereocenters. The molecule has 6 nitrogen and oxygen atoms in total. The first-order valence-corrected chi connectivity index (χ1v) is 10.1. The van der Waals surface area contributed by atoms with Gasteiger partial charge in [-0.3, -0.25) is 4.79 Å². The fourth-order valence-corrected chi connectivity index (χ4v) is 3.57. The molecule has 0 fully saturated rings. The summed E-state index contributed by atoms with van der Waals surface area (Å²) < 4.78 is 27.0. The Balaban J connectivity index is 2.05. The van der Waals surface area contributed by atoms with Crippen molar-refractivity contribution in [2.75, 3.05) is 12.3 Å². The quantitative estimate of drug-likeness (QED) is 0.656. The van der Waals surface area contributed by atoms with Gasteiger partial charge < -0.3 is 5.32 Å². The van der Waals surface area contributed by atoms with E-state index in [0.29, 0.717) is 17.1 Å². The number of hydrogen-bond donors (Lipinski definition) is 1. The first-order valence-electron chi connectivity index (χ1n) is 7.63. The molecule has 0 saturated heterocycles. The number of carbonyl (C=O) groups excluding carboxylic acids is 1. The predicted octanol–water partition coefficient (Wildman–Crippen LogP) is 2.35. The third-order valence-corrected chi connectivity index (χ3v) is 6.59. The summed E-state index contributed by atoms with van der Waals surface area (Å²) in [5.41, 5.74) is 0.661. The molecule has 0 radical (unpaired) electrons. The van der Waals surface area contributed by atoms with Gasteiger partial charge in [-0.05, 0) is 45.1 Å². The Morgan fingerprint density at radius 3 is 2.41 bits per heavy atom. The Bertz CT molecular complexity index is 568. The average molecular weight is 348 g/mol. The van der Waals surface area contributed by atoms with E-state index in [4.69, 9.17) is 0 Å². The number of carbonyl (C=O) groups is 1. The molecule has 0 aromatic carbocycles. The fraction of sp³-hybridized carbons (Fsp3) is 0.786. The van der Waals surface area contributed by atoms with Crippen LogP contribution in [0, 0.1) is 6.92 Å². The largest absolute Gasteiger partial charge is 0.351 e. The first-order chi connectivity index (χ1) is 10.3. The molecule has 0 bridgehead atoms. The highest BCUT2D eigenvalue weighted by Crippen LogP contribution is 2.10. The van der Waals surface area contributed by atoms with Crippen LogP contribution in [-0.2, 0) is 9.84 Å². The number of nitrogens with one attached hydrogen (secondary N) is 1. The van der Waals surface area contributed by atoms with Crippen LogP contribution in [0.25, 0.3) is 0 Å². The number of amides is 1. The Kier molecular flexibility index (Phi) is 7.95. The molecule has 0 aliphatic heterocycles. The van der Waals surface area contributed by atoms with Crippen LogP contribution in [0.3, 0.4) is 0 Å². The van der Waals surface area contributed by atoms with Crippen molar-refractivity contribution in [1.29, 1.82) is 0 Å². The highest BCUT2D eigenvalue weighted by Gasteiger charge is 2.15. The van der Waals surface area contributed by atoms with E-state index in [1.54, 1.807) is 20.8 Å². The summed E-state index contributed by atoms with van der Waals surface area (Å²) >= 11 is 1.11. The molecule has 22 heavy (non-hydrogen) atoms. The minimum atomic E-state index is -2.90. The molecule has 0 unspecified atom stereocenters. The van der Waals surface area contributed by atoms with Gasteiger partial charge in [-0.2, -0.15) is 0 Å². The van der Waals surface area contributed by atoms with Crippen LogP contribution in [0.5, 0.6) is 0 Å². The monoisotopic (exact) mass is 347 g/mol. The normalized spacial score (nSPS) is 11.8. The van der Waals surface area contributed by atoms with Crippen molar-refractivity contribution in [2.24, 2.45) is 0 Å². The molecular weight excluding hydrogens is 322 g/mol. The van der Waals surface area contributed by atoms with Crippen LogP contribution >= 0.6 is 11.5 Å². The van der Waals surface area contributed by atoms with Crippen LogP contribution in [0.4, 0.5) is 0 Å². The maximum Gasteiger partial charge on any atom is 0.264 e. The summed E-state index contributed by atoms with van der Waals surface area (Å²) in [7, 11) is -2.90. The molecule has 8 heteroatoms. The van der Waals surface area contributed by atoms with Crippen molar-refractivity contribution in [1.82, 2.24) is 14.9 Å². The molecule has 1 amide bonds. The smallest absolute Gasteiger partial charge is 0.264 e. The van der Waals surface area contributed by atoms with E-state index in [1.165, 1.54) is 0 Å². The lowest BCUT2D eigenvalue weighted by Gasteiger charge is -2.07. The van der Waals surface area contributed by atoms with Crippen LogP contribution in [-0.4, -0.2) is 41.5 Å². The van der Waals surface area contributed by atoms with Crippen LogP contribution in [0.15, 0.2) is 0 Å². The predicted molar refractivity (Wildman–Crippen MR) is 89.0 cm³/mol. The Morgan fingerprint density at radius 1 is 1.18 bits per heavy atom. The van der Waals surface area contributed by atoms with Gasteiger partial charge in [0, 0.05) is 6.54 Å². The molecule has 0 aliphatic rings. The zero-order valence-electron chi connectivity index (χ0n) is 13.5. The minimum absolute atomic E-state index is 0.115. The number of rotatable bonds is 10. The van der Waals surface area contributed by atoms with Crippen molar-refractivity contribution < 1.29 is 13.2 Å². The second kappa shape index (κ2) is 9.19. The van der Waals surface area contributed by atoms with E-state index in [1.807, 2.05) is 0 Å². The highest BCUT2D eigenvalue weighted by atomic mass is 32.2. The Hall–Kier alpha value is -1.02. The number of unbranched alkanes of at least 4 members (excludes halogenated alkanes) is 4. The summed E-state index contributed by atoms with van der Waals surface area (Å²) in [6, 6.07) is 0. The molecule has 0 saturated carbocycles. The lowest BCUT2D eigenvalue weighted by Crippen LogP contribution is -2.24. The summed E-state index contributed by atoms with van der Waals surface area (Å²) in [6.45, 7) is 5.83. The van der Waals surface area contributed by atoms with Crippen molar-refractivity contribution in [3.05, 3.63) is 10.6 Å². The van der Waals surface area contributed by atoms with E-state index < -0.39 is 9.84 Å². The van der Waals surface area contributed by atoms with E-state index in [9.17, 15) is 13.2 Å². The summed E-state index contributed by atoms with van der Waals surface area (Å²) in [5, 5.41) is 6.37. The molecular formula is C14H25N3O3S2. The number of nitrogens with zero attached hydrogens (tertiary/aromatic N) is 2. The maximum absolute atomic E-state index is 11.8.